The molecule has 1 heterocycles. The van der Waals surface area contributed by atoms with E-state index >= 15 is 0 Å². The van der Waals surface area contributed by atoms with E-state index < -0.39 is 11.9 Å². The van der Waals surface area contributed by atoms with Crippen molar-refractivity contribution in [2.45, 2.75) is 53.5 Å². The highest BCUT2D eigenvalue weighted by atomic mass is 19.1. The normalized spacial score (nSPS) is 12.0. The second-order valence-corrected chi connectivity index (χ2v) is 7.69. The van der Waals surface area contributed by atoms with Gasteiger partial charge in [-0.25, -0.2) is 4.39 Å². The van der Waals surface area contributed by atoms with Gasteiger partial charge >= 0.3 is 0 Å². The van der Waals surface area contributed by atoms with Crippen molar-refractivity contribution in [2.75, 3.05) is 7.11 Å². The van der Waals surface area contributed by atoms with Crippen molar-refractivity contribution in [1.29, 1.82) is 5.41 Å². The van der Waals surface area contributed by atoms with Crippen molar-refractivity contribution in [3.05, 3.63) is 72.0 Å². The van der Waals surface area contributed by atoms with Crippen LogP contribution in [-0.2, 0) is 0 Å². The summed E-state index contributed by atoms with van der Waals surface area (Å²) < 4.78 is 18.8. The maximum absolute atomic E-state index is 13.3. The zero-order chi connectivity index (χ0) is 25.0. The van der Waals surface area contributed by atoms with Crippen molar-refractivity contribution >= 4 is 11.5 Å². The van der Waals surface area contributed by atoms with Gasteiger partial charge in [0.25, 0.3) is 0 Å². The number of rotatable bonds is 8. The van der Waals surface area contributed by atoms with Crippen LogP contribution in [-0.4, -0.2) is 34.8 Å². The minimum absolute atomic E-state index is 0.0252. The van der Waals surface area contributed by atoms with Crippen LogP contribution in [0.15, 0.2) is 60.1 Å². The highest BCUT2D eigenvalue weighted by Crippen LogP contribution is 2.29. The first-order valence-corrected chi connectivity index (χ1v) is 10.8. The number of ether oxygens (including phenoxy) is 1. The SMILES string of the molecule is C=C(O)C(C)N=C(N/C=C/CCC)c1cc(-c2ccc(F)cn2)cc(OC)c1C.CC(C)=N. The zero-order valence-electron chi connectivity index (χ0n) is 20.4. The van der Waals surface area contributed by atoms with Gasteiger partial charge < -0.3 is 20.6 Å². The van der Waals surface area contributed by atoms with Gasteiger partial charge in [-0.05, 0) is 64.6 Å². The Balaban J connectivity index is 0.00000125. The molecule has 0 amide bonds. The molecule has 0 saturated heterocycles. The number of aliphatic hydroxyl groups excluding tert-OH is 1. The van der Waals surface area contributed by atoms with Crippen molar-refractivity contribution in [2.24, 2.45) is 4.99 Å². The van der Waals surface area contributed by atoms with Crippen molar-refractivity contribution in [3.63, 3.8) is 0 Å². The lowest BCUT2D eigenvalue weighted by atomic mass is 10.00. The van der Waals surface area contributed by atoms with E-state index in [1.54, 1.807) is 33.9 Å². The number of nitrogens with one attached hydrogen (secondary N) is 2. The summed E-state index contributed by atoms with van der Waals surface area (Å²) in [7, 11) is 1.59. The molecule has 2 rings (SSSR count). The molecule has 0 aliphatic heterocycles. The zero-order valence-corrected chi connectivity index (χ0v) is 20.4. The quantitative estimate of drug-likeness (QED) is 0.246. The van der Waals surface area contributed by atoms with Crippen molar-refractivity contribution in [1.82, 2.24) is 10.3 Å². The second-order valence-electron chi connectivity index (χ2n) is 7.69. The molecule has 3 N–H and O–H groups in total. The average Bonchev–Trinajstić information content (AvgIpc) is 2.76. The lowest BCUT2D eigenvalue weighted by Crippen LogP contribution is -2.23. The first-order valence-electron chi connectivity index (χ1n) is 10.8. The molecule has 1 unspecified atom stereocenters. The first-order chi connectivity index (χ1) is 15.6. The van der Waals surface area contributed by atoms with E-state index in [2.05, 4.69) is 28.8 Å². The topological polar surface area (TPSA) is 90.6 Å². The molecule has 0 spiro atoms. The van der Waals surface area contributed by atoms with Crippen LogP contribution in [0.5, 0.6) is 5.75 Å². The lowest BCUT2D eigenvalue weighted by molar-refractivity contribution is 0.378. The van der Waals surface area contributed by atoms with Crippen LogP contribution in [0.1, 0.15) is 51.7 Å². The van der Waals surface area contributed by atoms with Gasteiger partial charge in [0.05, 0.1) is 19.0 Å². The van der Waals surface area contributed by atoms with Gasteiger partial charge in [-0.1, -0.05) is 26.0 Å². The molecule has 0 saturated carbocycles. The van der Waals surface area contributed by atoms with Gasteiger partial charge in [0.15, 0.2) is 0 Å². The smallest absolute Gasteiger partial charge is 0.141 e. The van der Waals surface area contributed by atoms with E-state index in [-0.39, 0.29) is 5.76 Å². The minimum atomic E-state index is -0.491. The van der Waals surface area contributed by atoms with E-state index in [0.29, 0.717) is 23.0 Å². The number of aliphatic hydroxyl groups is 1. The van der Waals surface area contributed by atoms with Gasteiger partial charge in [-0.15, -0.1) is 0 Å². The standard InChI is InChI=1S/C23H28FN3O2.C3H7N/c1-6-7-8-11-25-23(27-16(3)17(4)28)20-12-18(13-22(29-5)15(20)2)21-10-9-19(24)14-26-21;1-3(2)4/h8-14,16,28H,4,6-7H2,1-3,5H3,(H,25,27);4H,1-2H3/b11-8+;. The minimum Gasteiger partial charge on any atom is -0.511 e. The molecular weight excluding hydrogens is 419 g/mol. The molecule has 2 aromatic rings. The van der Waals surface area contributed by atoms with Gasteiger partial charge in [0, 0.05) is 22.4 Å². The Bertz CT molecular complexity index is 994. The van der Waals surface area contributed by atoms with E-state index in [9.17, 15) is 9.50 Å². The van der Waals surface area contributed by atoms with E-state index in [4.69, 9.17) is 10.1 Å². The number of pyridine rings is 1. The molecule has 6 nitrogen and oxygen atoms in total. The molecular formula is C26H35FN4O2. The maximum atomic E-state index is 13.3. The largest absolute Gasteiger partial charge is 0.511 e. The van der Waals surface area contributed by atoms with E-state index in [1.807, 2.05) is 31.3 Å². The molecule has 0 fully saturated rings. The van der Waals surface area contributed by atoms with Crippen LogP contribution in [0.2, 0.25) is 0 Å². The number of nitrogens with zero attached hydrogens (tertiary/aromatic N) is 2. The summed E-state index contributed by atoms with van der Waals surface area (Å²) >= 11 is 0. The van der Waals surface area contributed by atoms with E-state index in [1.165, 1.54) is 12.3 Å². The van der Waals surface area contributed by atoms with Crippen LogP contribution in [0, 0.1) is 18.2 Å². The Morgan fingerprint density at radius 2 is 2.03 bits per heavy atom. The van der Waals surface area contributed by atoms with Crippen LogP contribution in [0.25, 0.3) is 11.3 Å². The summed E-state index contributed by atoms with van der Waals surface area (Å²) in [5, 5.41) is 19.5. The van der Waals surface area contributed by atoms with Gasteiger partial charge in [0.1, 0.15) is 29.2 Å². The predicted octanol–water partition coefficient (Wildman–Crippen LogP) is 6.36. The summed E-state index contributed by atoms with van der Waals surface area (Å²) in [6.07, 6.45) is 7.01. The van der Waals surface area contributed by atoms with Crippen LogP contribution in [0.4, 0.5) is 4.39 Å². The predicted molar refractivity (Wildman–Crippen MR) is 135 cm³/mol. The number of benzene rings is 1. The molecule has 1 aromatic carbocycles. The average molecular weight is 455 g/mol. The molecule has 178 valence electrons. The molecule has 33 heavy (non-hydrogen) atoms. The van der Waals surface area contributed by atoms with E-state index in [0.717, 1.165) is 29.5 Å². The number of hydrogen-bond acceptors (Lipinski definition) is 5. The number of aliphatic imine (C=N–C) groups is 1. The fraction of sp³-hybridized carbons (Fsp3) is 0.346. The van der Waals surface area contributed by atoms with Crippen LogP contribution in [0.3, 0.4) is 0 Å². The summed E-state index contributed by atoms with van der Waals surface area (Å²) in [5.74, 6) is 0.807. The highest BCUT2D eigenvalue weighted by Gasteiger charge is 2.16. The molecule has 0 aliphatic rings. The maximum Gasteiger partial charge on any atom is 0.141 e. The molecule has 0 bridgehead atoms. The molecule has 7 heteroatoms. The fourth-order valence-electron chi connectivity index (χ4n) is 2.68. The number of hydrogen-bond donors (Lipinski definition) is 3. The van der Waals surface area contributed by atoms with Crippen molar-refractivity contribution < 1.29 is 14.2 Å². The lowest BCUT2D eigenvalue weighted by Gasteiger charge is -2.17. The number of allylic oxidation sites excluding steroid dienone is 1. The number of halogens is 1. The third-order valence-corrected chi connectivity index (χ3v) is 4.46. The fourth-order valence-corrected chi connectivity index (χ4v) is 2.68. The number of amidine groups is 1. The monoisotopic (exact) mass is 454 g/mol. The highest BCUT2D eigenvalue weighted by molar-refractivity contribution is 6.02. The second kappa shape index (κ2) is 13.8. The summed E-state index contributed by atoms with van der Waals surface area (Å²) in [4.78, 5) is 8.77. The Morgan fingerprint density at radius 1 is 1.36 bits per heavy atom. The molecule has 1 atom stereocenters. The molecule has 0 aliphatic carbocycles. The summed E-state index contributed by atoms with van der Waals surface area (Å²) in [6.45, 7) is 12.9. The Morgan fingerprint density at radius 3 is 2.55 bits per heavy atom. The molecule has 1 aromatic heterocycles. The third kappa shape index (κ3) is 9.27. The van der Waals surface area contributed by atoms with Gasteiger partial charge in [0.2, 0.25) is 0 Å². The number of methoxy groups -OCH3 is 1. The third-order valence-electron chi connectivity index (χ3n) is 4.46. The first kappa shape index (κ1) is 27.6. The number of unbranched alkanes of at least 4 members (excludes halogenated alkanes) is 1. The Labute approximate surface area is 196 Å². The summed E-state index contributed by atoms with van der Waals surface area (Å²) in [5.41, 5.74) is 3.72. The van der Waals surface area contributed by atoms with Crippen LogP contribution >= 0.6 is 0 Å². The Hall–Kier alpha value is -3.48. The number of aromatic nitrogens is 1. The van der Waals surface area contributed by atoms with Crippen molar-refractivity contribution in [3.8, 4) is 17.0 Å². The van der Waals surface area contributed by atoms with Gasteiger partial charge in [-0.3, -0.25) is 9.98 Å². The molecule has 0 radical (unpaired) electrons. The Kier molecular flexibility index (Phi) is 11.5. The van der Waals surface area contributed by atoms with Crippen LogP contribution < -0.4 is 10.1 Å². The summed E-state index contributed by atoms with van der Waals surface area (Å²) in [6, 6.07) is 6.28. The van der Waals surface area contributed by atoms with Gasteiger partial charge in [-0.2, -0.15) is 0 Å².